The summed E-state index contributed by atoms with van der Waals surface area (Å²) in [4.78, 5) is 12.0. The van der Waals surface area contributed by atoms with Crippen molar-refractivity contribution >= 4 is 11.6 Å². The van der Waals surface area contributed by atoms with Crippen LogP contribution >= 0.6 is 0 Å². The van der Waals surface area contributed by atoms with Gasteiger partial charge in [-0.25, -0.2) is 4.39 Å². The van der Waals surface area contributed by atoms with Crippen LogP contribution in [0.25, 0.3) is 0 Å². The van der Waals surface area contributed by atoms with Gasteiger partial charge in [0.2, 0.25) is 0 Å². The molecule has 5 heteroatoms. The highest BCUT2D eigenvalue weighted by Crippen LogP contribution is 2.27. The zero-order chi connectivity index (χ0) is 14.7. The number of halogens is 1. The maximum Gasteiger partial charge on any atom is 0.255 e. The molecule has 2 aromatic carbocycles. The molecular formula is C15H14FNO3. The summed E-state index contributed by atoms with van der Waals surface area (Å²) in [6.07, 6.45) is 0. The van der Waals surface area contributed by atoms with Gasteiger partial charge in [0.25, 0.3) is 5.91 Å². The average Bonchev–Trinajstić information content (AvgIpc) is 2.43. The number of nitrogens with one attached hydrogen (secondary N) is 1. The molecule has 0 bridgehead atoms. The van der Waals surface area contributed by atoms with Crippen LogP contribution in [0.4, 0.5) is 10.1 Å². The first kappa shape index (κ1) is 13.9. The Bertz CT molecular complexity index is 656. The van der Waals surface area contributed by atoms with Crippen molar-refractivity contribution in [3.8, 4) is 11.5 Å². The number of phenols is 1. The number of benzene rings is 2. The molecule has 0 heterocycles. The molecule has 0 fully saturated rings. The molecule has 0 atom stereocenters. The summed E-state index contributed by atoms with van der Waals surface area (Å²) >= 11 is 0. The molecule has 0 aromatic heterocycles. The van der Waals surface area contributed by atoms with Gasteiger partial charge in [-0.15, -0.1) is 0 Å². The number of aromatic hydroxyl groups is 1. The first-order valence-electron chi connectivity index (χ1n) is 5.96. The molecular weight excluding hydrogens is 261 g/mol. The number of amides is 1. The molecule has 2 rings (SSSR count). The average molecular weight is 275 g/mol. The number of carbonyl (C=O) groups is 1. The molecule has 2 N–H and O–H groups in total. The summed E-state index contributed by atoms with van der Waals surface area (Å²) in [6, 6.07) is 8.75. The zero-order valence-corrected chi connectivity index (χ0v) is 11.1. The van der Waals surface area contributed by atoms with Gasteiger partial charge in [-0.3, -0.25) is 4.79 Å². The van der Waals surface area contributed by atoms with Crippen LogP contribution in [0.2, 0.25) is 0 Å². The largest absolute Gasteiger partial charge is 0.504 e. The minimum atomic E-state index is -0.434. The standard InChI is InChI=1S/C15H14FNO3/c1-9-11(16)4-3-5-12(9)17-15(19)10-6-7-14(20-2)13(18)8-10/h3-8,18H,1-2H3,(H,17,19). The van der Waals surface area contributed by atoms with Crippen molar-refractivity contribution in [2.75, 3.05) is 12.4 Å². The van der Waals surface area contributed by atoms with Crippen LogP contribution in [-0.4, -0.2) is 18.1 Å². The molecule has 0 saturated carbocycles. The van der Waals surface area contributed by atoms with Gasteiger partial charge in [-0.05, 0) is 37.3 Å². The van der Waals surface area contributed by atoms with Gasteiger partial charge in [0.1, 0.15) is 5.82 Å². The summed E-state index contributed by atoms with van der Waals surface area (Å²) < 4.78 is 18.3. The van der Waals surface area contributed by atoms with E-state index in [4.69, 9.17) is 4.74 Å². The third kappa shape index (κ3) is 2.71. The van der Waals surface area contributed by atoms with Crippen molar-refractivity contribution in [1.82, 2.24) is 0 Å². The monoisotopic (exact) mass is 275 g/mol. The Hall–Kier alpha value is -2.56. The third-order valence-corrected chi connectivity index (χ3v) is 2.96. The maximum atomic E-state index is 13.4. The molecule has 104 valence electrons. The summed E-state index contributed by atoms with van der Waals surface area (Å²) in [5.41, 5.74) is 1.01. The van der Waals surface area contributed by atoms with E-state index in [-0.39, 0.29) is 22.9 Å². The predicted molar refractivity (Wildman–Crippen MR) is 73.7 cm³/mol. The van der Waals surface area contributed by atoms with E-state index in [1.54, 1.807) is 13.0 Å². The zero-order valence-electron chi connectivity index (χ0n) is 11.1. The van der Waals surface area contributed by atoms with Crippen LogP contribution in [0.15, 0.2) is 36.4 Å². The number of rotatable bonds is 3. The van der Waals surface area contributed by atoms with Crippen molar-refractivity contribution in [1.29, 1.82) is 0 Å². The number of hydrogen-bond donors (Lipinski definition) is 2. The highest BCUT2D eigenvalue weighted by molar-refractivity contribution is 6.05. The van der Waals surface area contributed by atoms with Crippen LogP contribution in [0.5, 0.6) is 11.5 Å². The highest BCUT2D eigenvalue weighted by Gasteiger charge is 2.12. The number of methoxy groups -OCH3 is 1. The second-order valence-corrected chi connectivity index (χ2v) is 4.25. The molecule has 0 unspecified atom stereocenters. The van der Waals surface area contributed by atoms with Crippen molar-refractivity contribution in [3.63, 3.8) is 0 Å². The SMILES string of the molecule is COc1ccc(C(=O)Nc2cccc(F)c2C)cc1O. The van der Waals surface area contributed by atoms with Crippen molar-refractivity contribution in [3.05, 3.63) is 53.3 Å². The van der Waals surface area contributed by atoms with E-state index in [2.05, 4.69) is 5.32 Å². The lowest BCUT2D eigenvalue weighted by atomic mass is 10.1. The van der Waals surface area contributed by atoms with E-state index < -0.39 is 5.91 Å². The number of anilines is 1. The Balaban J connectivity index is 2.24. The normalized spacial score (nSPS) is 10.2. The van der Waals surface area contributed by atoms with Crippen molar-refractivity contribution < 1.29 is 19.0 Å². The van der Waals surface area contributed by atoms with Gasteiger partial charge in [-0.1, -0.05) is 6.07 Å². The lowest BCUT2D eigenvalue weighted by Crippen LogP contribution is -2.13. The Morgan fingerprint density at radius 1 is 1.30 bits per heavy atom. The van der Waals surface area contributed by atoms with Crippen LogP contribution in [0, 0.1) is 12.7 Å². The molecule has 1 amide bonds. The molecule has 0 aliphatic carbocycles. The van der Waals surface area contributed by atoms with E-state index in [1.165, 1.54) is 37.4 Å². The summed E-state index contributed by atoms with van der Waals surface area (Å²) in [6.45, 7) is 1.58. The molecule has 0 aliphatic heterocycles. The lowest BCUT2D eigenvalue weighted by Gasteiger charge is -2.10. The van der Waals surface area contributed by atoms with Crippen LogP contribution < -0.4 is 10.1 Å². The van der Waals surface area contributed by atoms with E-state index in [9.17, 15) is 14.3 Å². The summed E-state index contributed by atoms with van der Waals surface area (Å²) in [5.74, 6) is -0.670. The topological polar surface area (TPSA) is 58.6 Å². The smallest absolute Gasteiger partial charge is 0.255 e. The first-order valence-corrected chi connectivity index (χ1v) is 5.96. The Kier molecular flexibility index (Phi) is 3.89. The number of phenolic OH excluding ortho intramolecular Hbond substituents is 1. The van der Waals surface area contributed by atoms with E-state index in [0.29, 0.717) is 11.3 Å². The van der Waals surface area contributed by atoms with Gasteiger partial charge in [0.15, 0.2) is 11.5 Å². The molecule has 0 saturated heterocycles. The highest BCUT2D eigenvalue weighted by atomic mass is 19.1. The Labute approximate surface area is 115 Å². The second kappa shape index (κ2) is 5.61. The fourth-order valence-electron chi connectivity index (χ4n) is 1.77. The van der Waals surface area contributed by atoms with Crippen LogP contribution in [0.1, 0.15) is 15.9 Å². The Morgan fingerprint density at radius 3 is 2.70 bits per heavy atom. The van der Waals surface area contributed by atoms with Gasteiger partial charge in [0, 0.05) is 16.8 Å². The molecule has 4 nitrogen and oxygen atoms in total. The van der Waals surface area contributed by atoms with Gasteiger partial charge in [-0.2, -0.15) is 0 Å². The fraction of sp³-hybridized carbons (Fsp3) is 0.133. The number of hydrogen-bond acceptors (Lipinski definition) is 3. The van der Waals surface area contributed by atoms with Crippen LogP contribution in [0.3, 0.4) is 0 Å². The van der Waals surface area contributed by atoms with E-state index in [1.807, 2.05) is 0 Å². The molecule has 20 heavy (non-hydrogen) atoms. The fourth-order valence-corrected chi connectivity index (χ4v) is 1.77. The van der Waals surface area contributed by atoms with Crippen LogP contribution in [-0.2, 0) is 0 Å². The summed E-state index contributed by atoms with van der Waals surface area (Å²) in [5, 5.41) is 12.2. The van der Waals surface area contributed by atoms with Crippen molar-refractivity contribution in [2.24, 2.45) is 0 Å². The minimum absolute atomic E-state index is 0.129. The molecule has 2 aromatic rings. The number of ether oxygens (including phenoxy) is 1. The van der Waals surface area contributed by atoms with Gasteiger partial charge < -0.3 is 15.2 Å². The molecule has 0 aliphatic rings. The molecule has 0 spiro atoms. The third-order valence-electron chi connectivity index (χ3n) is 2.96. The number of carbonyl (C=O) groups excluding carboxylic acids is 1. The van der Waals surface area contributed by atoms with E-state index >= 15 is 0 Å². The summed E-state index contributed by atoms with van der Waals surface area (Å²) in [7, 11) is 1.42. The van der Waals surface area contributed by atoms with Gasteiger partial charge in [0.05, 0.1) is 7.11 Å². The van der Waals surface area contributed by atoms with Gasteiger partial charge >= 0.3 is 0 Å². The second-order valence-electron chi connectivity index (χ2n) is 4.25. The van der Waals surface area contributed by atoms with E-state index in [0.717, 1.165) is 0 Å². The minimum Gasteiger partial charge on any atom is -0.504 e. The molecule has 0 radical (unpaired) electrons. The predicted octanol–water partition coefficient (Wildman–Crippen LogP) is 3.10. The Morgan fingerprint density at radius 2 is 2.05 bits per heavy atom. The first-order chi connectivity index (χ1) is 9.52. The quantitative estimate of drug-likeness (QED) is 0.905. The lowest BCUT2D eigenvalue weighted by molar-refractivity contribution is 0.102. The maximum absolute atomic E-state index is 13.4. The van der Waals surface area contributed by atoms with Crippen molar-refractivity contribution in [2.45, 2.75) is 6.92 Å².